The van der Waals surface area contributed by atoms with E-state index in [0.29, 0.717) is 6.54 Å². The van der Waals surface area contributed by atoms with Crippen LogP contribution in [0.3, 0.4) is 0 Å². The van der Waals surface area contributed by atoms with Gasteiger partial charge in [-0.25, -0.2) is 9.37 Å². The Morgan fingerprint density at radius 3 is 2.53 bits per heavy atom. The van der Waals surface area contributed by atoms with Gasteiger partial charge in [-0.3, -0.25) is 4.79 Å². The van der Waals surface area contributed by atoms with E-state index >= 15 is 0 Å². The highest BCUT2D eigenvalue weighted by Crippen LogP contribution is 2.35. The second-order valence-corrected chi connectivity index (χ2v) is 8.13. The van der Waals surface area contributed by atoms with Crippen LogP contribution in [0.5, 0.6) is 0 Å². The third-order valence-electron chi connectivity index (χ3n) is 5.40. The molecule has 2 atom stereocenters. The quantitative estimate of drug-likeness (QED) is 0.508. The molecule has 2 unspecified atom stereocenters. The van der Waals surface area contributed by atoms with Crippen LogP contribution in [0.25, 0.3) is 0 Å². The van der Waals surface area contributed by atoms with E-state index in [1.54, 1.807) is 18.6 Å². The fourth-order valence-corrected chi connectivity index (χ4v) is 3.79. The number of aromatic nitrogens is 2. The zero-order valence-corrected chi connectivity index (χ0v) is 19.9. The van der Waals surface area contributed by atoms with Crippen molar-refractivity contribution in [2.75, 3.05) is 11.9 Å². The maximum atomic E-state index is 13.9. The first kappa shape index (κ1) is 25.1. The molecule has 0 saturated heterocycles. The van der Waals surface area contributed by atoms with E-state index in [0.717, 1.165) is 16.9 Å². The summed E-state index contributed by atoms with van der Waals surface area (Å²) < 4.78 is 15.8. The number of imidazole rings is 1. The Labute approximate surface area is 191 Å². The number of anilines is 1. The molecule has 2 N–H and O–H groups in total. The van der Waals surface area contributed by atoms with Crippen LogP contribution in [0, 0.1) is 12.7 Å². The highest BCUT2D eigenvalue weighted by atomic mass is 19.1. The smallest absolute Gasteiger partial charge is 0.221 e. The average molecular weight is 439 g/mol. The second-order valence-electron chi connectivity index (χ2n) is 8.13. The number of amides is 1. The standard InChI is InChI=1S/C24H29FN4O.C2H6/c1-17-7-5-10-21(11-17)27-14-18(2)28-23(30)13-24(3,22-15-26-16-29(22)4)19-8-6-9-20(25)12-19;1-2/h5-12,15-16,18,27H,13-14H2,1-4H3,(H,28,30);1-2H3. The molecule has 0 radical (unpaired) electrons. The number of nitrogens with one attached hydrogen (secondary N) is 2. The average Bonchev–Trinajstić information content (AvgIpc) is 3.20. The summed E-state index contributed by atoms with van der Waals surface area (Å²) in [6.45, 7) is 10.6. The summed E-state index contributed by atoms with van der Waals surface area (Å²) in [5, 5.41) is 6.41. The zero-order valence-electron chi connectivity index (χ0n) is 19.9. The van der Waals surface area contributed by atoms with Crippen LogP contribution in [0.2, 0.25) is 0 Å². The van der Waals surface area contributed by atoms with Crippen LogP contribution in [0.4, 0.5) is 10.1 Å². The first-order valence-electron chi connectivity index (χ1n) is 11.1. The van der Waals surface area contributed by atoms with Crippen molar-refractivity contribution in [3.8, 4) is 0 Å². The molecule has 3 aromatic rings. The van der Waals surface area contributed by atoms with Gasteiger partial charge in [0.15, 0.2) is 0 Å². The van der Waals surface area contributed by atoms with Crippen molar-refractivity contribution in [1.29, 1.82) is 0 Å². The molecule has 0 aliphatic rings. The van der Waals surface area contributed by atoms with E-state index in [4.69, 9.17) is 0 Å². The summed E-state index contributed by atoms with van der Waals surface area (Å²) in [6, 6.07) is 14.5. The van der Waals surface area contributed by atoms with Crippen LogP contribution in [-0.4, -0.2) is 28.0 Å². The van der Waals surface area contributed by atoms with Gasteiger partial charge in [-0.2, -0.15) is 0 Å². The van der Waals surface area contributed by atoms with Crippen molar-refractivity contribution in [3.63, 3.8) is 0 Å². The van der Waals surface area contributed by atoms with Gasteiger partial charge in [0.25, 0.3) is 0 Å². The van der Waals surface area contributed by atoms with Gasteiger partial charge in [0, 0.05) is 49.0 Å². The number of nitrogens with zero attached hydrogens (tertiary/aromatic N) is 2. The predicted octanol–water partition coefficient (Wildman–Crippen LogP) is 5.21. The van der Waals surface area contributed by atoms with Crippen molar-refractivity contribution in [2.24, 2.45) is 7.05 Å². The Morgan fingerprint density at radius 2 is 1.91 bits per heavy atom. The Morgan fingerprint density at radius 1 is 1.19 bits per heavy atom. The van der Waals surface area contributed by atoms with Crippen LogP contribution in [0.15, 0.2) is 61.1 Å². The number of aryl methyl sites for hydroxylation is 2. The van der Waals surface area contributed by atoms with E-state index in [-0.39, 0.29) is 24.2 Å². The molecule has 0 bridgehead atoms. The summed E-state index contributed by atoms with van der Waals surface area (Å²) in [5.41, 5.74) is 3.09. The van der Waals surface area contributed by atoms with Crippen LogP contribution >= 0.6 is 0 Å². The van der Waals surface area contributed by atoms with Gasteiger partial charge in [-0.15, -0.1) is 0 Å². The molecule has 0 saturated carbocycles. The molecule has 1 amide bonds. The topological polar surface area (TPSA) is 58.9 Å². The van der Waals surface area contributed by atoms with Crippen molar-refractivity contribution in [2.45, 2.75) is 52.5 Å². The highest BCUT2D eigenvalue weighted by Gasteiger charge is 2.34. The van der Waals surface area contributed by atoms with Gasteiger partial charge in [-0.05, 0) is 56.2 Å². The molecule has 6 heteroatoms. The molecule has 0 fully saturated rings. The summed E-state index contributed by atoms with van der Waals surface area (Å²) in [4.78, 5) is 17.1. The summed E-state index contributed by atoms with van der Waals surface area (Å²) in [6.07, 6.45) is 3.62. The third-order valence-corrected chi connectivity index (χ3v) is 5.40. The maximum absolute atomic E-state index is 13.9. The number of carbonyl (C=O) groups excluding carboxylic acids is 1. The number of rotatable bonds is 8. The largest absolute Gasteiger partial charge is 0.383 e. The number of halogens is 1. The minimum atomic E-state index is -0.707. The lowest BCUT2D eigenvalue weighted by atomic mass is 9.76. The molecule has 5 nitrogen and oxygen atoms in total. The van der Waals surface area contributed by atoms with Gasteiger partial charge in [-0.1, -0.05) is 38.1 Å². The Bertz CT molecular complexity index is 1020. The van der Waals surface area contributed by atoms with Crippen LogP contribution in [-0.2, 0) is 17.3 Å². The van der Waals surface area contributed by atoms with Crippen molar-refractivity contribution in [3.05, 3.63) is 83.7 Å². The Kier molecular flexibility index (Phi) is 9.00. The lowest BCUT2D eigenvalue weighted by Crippen LogP contribution is -2.41. The second kappa shape index (κ2) is 11.5. The molecule has 172 valence electrons. The first-order chi connectivity index (χ1) is 15.3. The van der Waals surface area contributed by atoms with E-state index in [1.165, 1.54) is 17.7 Å². The molecule has 3 rings (SSSR count). The number of hydrogen-bond acceptors (Lipinski definition) is 3. The zero-order chi connectivity index (χ0) is 23.7. The Hall–Kier alpha value is -3.15. The van der Waals surface area contributed by atoms with Crippen LogP contribution < -0.4 is 10.6 Å². The molecule has 0 aliphatic heterocycles. The molecule has 0 spiro atoms. The first-order valence-corrected chi connectivity index (χ1v) is 11.1. The van der Waals surface area contributed by atoms with Gasteiger partial charge in [0.2, 0.25) is 5.91 Å². The fraction of sp³-hybridized carbons (Fsp3) is 0.385. The SMILES string of the molecule is CC.Cc1cccc(NCC(C)NC(=O)CC(C)(c2cccc(F)c2)c2cncn2C)c1. The van der Waals surface area contributed by atoms with Crippen molar-refractivity contribution in [1.82, 2.24) is 14.9 Å². The molecule has 32 heavy (non-hydrogen) atoms. The Balaban J connectivity index is 0.00000176. The monoisotopic (exact) mass is 438 g/mol. The molecule has 1 aromatic heterocycles. The fourth-order valence-electron chi connectivity index (χ4n) is 3.79. The predicted molar refractivity (Wildman–Crippen MR) is 129 cm³/mol. The van der Waals surface area contributed by atoms with Gasteiger partial charge in [0.05, 0.1) is 6.33 Å². The molecule has 1 heterocycles. The summed E-state index contributed by atoms with van der Waals surface area (Å²) in [7, 11) is 1.88. The van der Waals surface area contributed by atoms with E-state index in [1.807, 2.05) is 70.5 Å². The lowest BCUT2D eigenvalue weighted by Gasteiger charge is -2.31. The number of hydrogen-bond donors (Lipinski definition) is 2. The maximum Gasteiger partial charge on any atom is 0.221 e. The lowest BCUT2D eigenvalue weighted by molar-refractivity contribution is -0.122. The third kappa shape index (κ3) is 6.42. The normalized spacial score (nSPS) is 13.3. The van der Waals surface area contributed by atoms with E-state index in [2.05, 4.69) is 21.7 Å². The molecule has 2 aromatic carbocycles. The number of carbonyl (C=O) groups is 1. The van der Waals surface area contributed by atoms with Crippen LogP contribution in [0.1, 0.15) is 50.9 Å². The highest BCUT2D eigenvalue weighted by molar-refractivity contribution is 5.78. The molecular formula is C26H35FN4O. The summed E-state index contributed by atoms with van der Waals surface area (Å²) in [5.74, 6) is -0.418. The van der Waals surface area contributed by atoms with Crippen molar-refractivity contribution < 1.29 is 9.18 Å². The molecule has 0 aliphatic carbocycles. The van der Waals surface area contributed by atoms with E-state index < -0.39 is 5.41 Å². The van der Waals surface area contributed by atoms with E-state index in [9.17, 15) is 9.18 Å². The molecular weight excluding hydrogens is 403 g/mol. The minimum absolute atomic E-state index is 0.0682. The minimum Gasteiger partial charge on any atom is -0.383 e. The summed E-state index contributed by atoms with van der Waals surface area (Å²) >= 11 is 0. The van der Waals surface area contributed by atoms with Gasteiger partial charge < -0.3 is 15.2 Å². The van der Waals surface area contributed by atoms with Gasteiger partial charge >= 0.3 is 0 Å². The van der Waals surface area contributed by atoms with Crippen molar-refractivity contribution >= 4 is 11.6 Å². The number of benzene rings is 2. The van der Waals surface area contributed by atoms with Gasteiger partial charge in [0.1, 0.15) is 5.82 Å².